The number of hydrogen-bond acceptors (Lipinski definition) is 6. The Morgan fingerprint density at radius 1 is 1.14 bits per heavy atom. The summed E-state index contributed by atoms with van der Waals surface area (Å²) in [5.74, 6) is 0.632. The van der Waals surface area contributed by atoms with Crippen LogP contribution in [0.1, 0.15) is 5.56 Å². The highest BCUT2D eigenvalue weighted by Crippen LogP contribution is 2.27. The fourth-order valence-electron chi connectivity index (χ4n) is 1.96. The fourth-order valence-corrected chi connectivity index (χ4v) is 1.96. The summed E-state index contributed by atoms with van der Waals surface area (Å²) in [4.78, 5) is 22.8. The van der Waals surface area contributed by atoms with Crippen molar-refractivity contribution in [3.63, 3.8) is 0 Å². The summed E-state index contributed by atoms with van der Waals surface area (Å²) in [6, 6.07) is 6.67. The SMILES string of the molecule is CN(C)c1ncc(CN(C)c2ccccc2[N+](=O)[O-])cn1. The van der Waals surface area contributed by atoms with Crippen LogP contribution in [0.4, 0.5) is 17.3 Å². The van der Waals surface area contributed by atoms with Crippen LogP contribution in [-0.2, 0) is 6.54 Å². The topological polar surface area (TPSA) is 75.4 Å². The minimum Gasteiger partial charge on any atom is -0.365 e. The number of anilines is 2. The maximum atomic E-state index is 11.0. The first-order valence-electron chi connectivity index (χ1n) is 6.42. The van der Waals surface area contributed by atoms with E-state index in [0.29, 0.717) is 18.2 Å². The molecular weight excluding hydrogens is 270 g/mol. The number of nitro benzene ring substituents is 1. The van der Waals surface area contributed by atoms with E-state index in [-0.39, 0.29) is 10.6 Å². The third-order valence-electron chi connectivity index (χ3n) is 3.00. The van der Waals surface area contributed by atoms with E-state index in [1.807, 2.05) is 30.9 Å². The van der Waals surface area contributed by atoms with Crippen LogP contribution in [0.3, 0.4) is 0 Å². The van der Waals surface area contributed by atoms with Crippen molar-refractivity contribution in [3.05, 3.63) is 52.3 Å². The Morgan fingerprint density at radius 3 is 2.33 bits per heavy atom. The van der Waals surface area contributed by atoms with Gasteiger partial charge in [0.1, 0.15) is 5.69 Å². The largest absolute Gasteiger partial charge is 0.365 e. The Kier molecular flexibility index (Phi) is 4.32. The van der Waals surface area contributed by atoms with E-state index in [4.69, 9.17) is 0 Å². The molecule has 0 unspecified atom stereocenters. The molecule has 0 aliphatic rings. The first kappa shape index (κ1) is 14.7. The standard InChI is InChI=1S/C14H17N5O2/c1-17(2)14-15-8-11(9-16-14)10-18(3)12-6-4-5-7-13(12)19(20)21/h4-9H,10H2,1-3H3. The molecular formula is C14H17N5O2. The van der Waals surface area contributed by atoms with Crippen molar-refractivity contribution in [3.8, 4) is 0 Å². The van der Waals surface area contributed by atoms with Crippen LogP contribution in [0.15, 0.2) is 36.7 Å². The van der Waals surface area contributed by atoms with Gasteiger partial charge in [-0.1, -0.05) is 12.1 Å². The molecule has 0 atom stereocenters. The van der Waals surface area contributed by atoms with Crippen LogP contribution in [-0.4, -0.2) is 36.0 Å². The molecule has 7 nitrogen and oxygen atoms in total. The number of hydrogen-bond donors (Lipinski definition) is 0. The molecule has 0 bridgehead atoms. The van der Waals surface area contributed by atoms with Crippen molar-refractivity contribution in [2.75, 3.05) is 30.9 Å². The van der Waals surface area contributed by atoms with Crippen molar-refractivity contribution >= 4 is 17.3 Å². The molecule has 21 heavy (non-hydrogen) atoms. The lowest BCUT2D eigenvalue weighted by atomic mass is 10.2. The van der Waals surface area contributed by atoms with Crippen molar-refractivity contribution in [2.24, 2.45) is 0 Å². The maximum Gasteiger partial charge on any atom is 0.292 e. The van der Waals surface area contributed by atoms with Gasteiger partial charge in [0, 0.05) is 51.7 Å². The Bertz CT molecular complexity index is 628. The number of nitrogens with zero attached hydrogens (tertiary/aromatic N) is 5. The van der Waals surface area contributed by atoms with Gasteiger partial charge in [-0.3, -0.25) is 10.1 Å². The van der Waals surface area contributed by atoms with Crippen molar-refractivity contribution in [1.82, 2.24) is 9.97 Å². The van der Waals surface area contributed by atoms with Gasteiger partial charge in [0.2, 0.25) is 5.95 Å². The Morgan fingerprint density at radius 2 is 1.76 bits per heavy atom. The summed E-state index contributed by atoms with van der Waals surface area (Å²) in [6.07, 6.45) is 3.46. The second-order valence-electron chi connectivity index (χ2n) is 4.89. The van der Waals surface area contributed by atoms with Crippen LogP contribution in [0.5, 0.6) is 0 Å². The Hall–Kier alpha value is -2.70. The van der Waals surface area contributed by atoms with Gasteiger partial charge in [-0.05, 0) is 6.07 Å². The zero-order valence-electron chi connectivity index (χ0n) is 12.2. The third-order valence-corrected chi connectivity index (χ3v) is 3.00. The van der Waals surface area contributed by atoms with Crippen LogP contribution in [0, 0.1) is 10.1 Å². The van der Waals surface area contributed by atoms with Gasteiger partial charge >= 0.3 is 0 Å². The molecule has 0 saturated carbocycles. The highest BCUT2D eigenvalue weighted by molar-refractivity contribution is 5.62. The molecule has 0 N–H and O–H groups in total. The molecule has 0 spiro atoms. The van der Waals surface area contributed by atoms with E-state index >= 15 is 0 Å². The minimum atomic E-state index is -0.378. The second-order valence-corrected chi connectivity index (χ2v) is 4.89. The summed E-state index contributed by atoms with van der Waals surface area (Å²) in [5, 5.41) is 11.0. The quantitative estimate of drug-likeness (QED) is 0.619. The van der Waals surface area contributed by atoms with E-state index in [9.17, 15) is 10.1 Å². The average Bonchev–Trinajstić information content (AvgIpc) is 2.47. The van der Waals surface area contributed by atoms with Gasteiger partial charge < -0.3 is 9.80 Å². The molecule has 0 fully saturated rings. The normalized spacial score (nSPS) is 10.2. The van der Waals surface area contributed by atoms with Gasteiger partial charge in [0.15, 0.2) is 0 Å². The van der Waals surface area contributed by atoms with E-state index in [1.165, 1.54) is 6.07 Å². The number of nitro groups is 1. The lowest BCUT2D eigenvalue weighted by molar-refractivity contribution is -0.384. The third kappa shape index (κ3) is 3.44. The molecule has 1 aromatic heterocycles. The van der Waals surface area contributed by atoms with Crippen molar-refractivity contribution in [1.29, 1.82) is 0 Å². The molecule has 0 aliphatic heterocycles. The van der Waals surface area contributed by atoms with Crippen molar-refractivity contribution in [2.45, 2.75) is 6.54 Å². The van der Waals surface area contributed by atoms with Gasteiger partial charge in [-0.2, -0.15) is 0 Å². The van der Waals surface area contributed by atoms with E-state index in [0.717, 1.165) is 5.56 Å². The zero-order chi connectivity index (χ0) is 15.4. The summed E-state index contributed by atoms with van der Waals surface area (Å²) < 4.78 is 0. The number of para-hydroxylation sites is 2. The number of rotatable bonds is 5. The van der Waals surface area contributed by atoms with E-state index in [2.05, 4.69) is 9.97 Å². The molecule has 0 amide bonds. The lowest BCUT2D eigenvalue weighted by Gasteiger charge is -2.19. The first-order chi connectivity index (χ1) is 9.99. The molecule has 7 heteroatoms. The smallest absolute Gasteiger partial charge is 0.292 e. The number of aromatic nitrogens is 2. The average molecular weight is 287 g/mol. The zero-order valence-corrected chi connectivity index (χ0v) is 12.2. The Balaban J connectivity index is 2.18. The van der Waals surface area contributed by atoms with Crippen LogP contribution < -0.4 is 9.80 Å². The molecule has 110 valence electrons. The van der Waals surface area contributed by atoms with Gasteiger partial charge in [0.05, 0.1) is 4.92 Å². The van der Waals surface area contributed by atoms with E-state index in [1.54, 1.807) is 30.6 Å². The maximum absolute atomic E-state index is 11.0. The summed E-state index contributed by atoms with van der Waals surface area (Å²) in [6.45, 7) is 0.499. The minimum absolute atomic E-state index is 0.0887. The van der Waals surface area contributed by atoms with E-state index < -0.39 is 0 Å². The molecule has 0 aliphatic carbocycles. The van der Waals surface area contributed by atoms with Crippen LogP contribution >= 0.6 is 0 Å². The summed E-state index contributed by atoms with van der Waals surface area (Å²) >= 11 is 0. The molecule has 0 saturated heterocycles. The fraction of sp³-hybridized carbons (Fsp3) is 0.286. The van der Waals surface area contributed by atoms with Gasteiger partial charge in [0.25, 0.3) is 5.69 Å². The molecule has 0 radical (unpaired) electrons. The molecule has 2 aromatic rings. The predicted octanol–water partition coefficient (Wildman–Crippen LogP) is 2.09. The monoisotopic (exact) mass is 287 g/mol. The highest BCUT2D eigenvalue weighted by atomic mass is 16.6. The van der Waals surface area contributed by atoms with Crippen LogP contribution in [0.2, 0.25) is 0 Å². The van der Waals surface area contributed by atoms with Gasteiger partial charge in [-0.25, -0.2) is 9.97 Å². The van der Waals surface area contributed by atoms with Crippen molar-refractivity contribution < 1.29 is 4.92 Å². The van der Waals surface area contributed by atoms with Gasteiger partial charge in [-0.15, -0.1) is 0 Å². The predicted molar refractivity (Wildman–Crippen MR) is 81.6 cm³/mol. The number of benzene rings is 1. The van der Waals surface area contributed by atoms with Crippen LogP contribution in [0.25, 0.3) is 0 Å². The summed E-state index contributed by atoms with van der Waals surface area (Å²) in [7, 11) is 5.55. The Labute approximate surface area is 123 Å². The first-order valence-corrected chi connectivity index (χ1v) is 6.42. The molecule has 2 rings (SSSR count). The molecule has 1 aromatic carbocycles. The summed E-state index contributed by atoms with van der Waals surface area (Å²) in [5.41, 5.74) is 1.55. The lowest BCUT2D eigenvalue weighted by Crippen LogP contribution is -2.18. The molecule has 1 heterocycles. The second kappa shape index (κ2) is 6.17. The highest BCUT2D eigenvalue weighted by Gasteiger charge is 2.16.